The molecule has 3 heterocycles. The Morgan fingerprint density at radius 1 is 0.921 bits per heavy atom. The summed E-state index contributed by atoms with van der Waals surface area (Å²) >= 11 is 0. The van der Waals surface area contributed by atoms with Crippen LogP contribution in [-0.4, -0.2) is 46.2 Å². The van der Waals surface area contributed by atoms with Gasteiger partial charge >= 0.3 is 0 Å². The number of ether oxygens (including phenoxy) is 1. The molecular weight excluding hydrogens is 475 g/mol. The first-order chi connectivity index (χ1) is 18.7. The molecule has 6 rings (SSSR count). The summed E-state index contributed by atoms with van der Waals surface area (Å²) in [6, 6.07) is 23.4. The molecule has 1 aliphatic heterocycles. The first-order valence-electron chi connectivity index (χ1n) is 13.2. The number of fused-ring (bicyclic) bond motifs is 1. The van der Waals surface area contributed by atoms with E-state index in [0.717, 1.165) is 67.2 Å². The fourth-order valence-corrected chi connectivity index (χ4v) is 5.53. The summed E-state index contributed by atoms with van der Waals surface area (Å²) < 4.78 is 21.1. The normalized spacial score (nSPS) is 14.7. The molecule has 5 nitrogen and oxygen atoms in total. The Hall–Kier alpha value is -4.03. The summed E-state index contributed by atoms with van der Waals surface area (Å²) in [6.45, 7) is 3.21. The van der Waals surface area contributed by atoms with Gasteiger partial charge in [0.2, 0.25) is 0 Å². The minimum Gasteiger partial charge on any atom is -0.497 e. The lowest BCUT2D eigenvalue weighted by atomic mass is 9.88. The third-order valence-corrected chi connectivity index (χ3v) is 7.67. The quantitative estimate of drug-likeness (QED) is 0.248. The largest absolute Gasteiger partial charge is 0.497 e. The van der Waals surface area contributed by atoms with Crippen LogP contribution >= 0.6 is 0 Å². The zero-order chi connectivity index (χ0) is 25.9. The molecule has 3 aromatic carbocycles. The molecule has 5 aromatic rings. The number of hydrogen-bond donors (Lipinski definition) is 0. The van der Waals surface area contributed by atoms with Crippen molar-refractivity contribution in [2.75, 3.05) is 26.7 Å². The Kier molecular flexibility index (Phi) is 6.88. The van der Waals surface area contributed by atoms with E-state index in [-0.39, 0.29) is 5.82 Å². The van der Waals surface area contributed by atoms with Gasteiger partial charge in [0, 0.05) is 41.8 Å². The molecule has 2 aromatic heterocycles. The number of aromatic nitrogens is 3. The minimum atomic E-state index is -0.226. The number of halogens is 1. The van der Waals surface area contributed by atoms with Crippen LogP contribution in [0.4, 0.5) is 4.39 Å². The Morgan fingerprint density at radius 3 is 2.37 bits per heavy atom. The van der Waals surface area contributed by atoms with Crippen LogP contribution in [0.25, 0.3) is 28.0 Å². The standard InChI is InChI=1S/C32H31FN4O/c1-38-28-10-3-23(4-11-28)13-18-36-19-14-24(15-20-36)30-22-37(27-8-6-26(33)7-9-27)31-12-5-25(21-29(30)31)32-34-16-2-17-35-32/h2-12,16-17,21-22,24H,13-15,18-20H2,1H3. The van der Waals surface area contributed by atoms with E-state index in [1.807, 2.05) is 30.3 Å². The van der Waals surface area contributed by atoms with Crippen LogP contribution in [0, 0.1) is 5.82 Å². The lowest BCUT2D eigenvalue weighted by molar-refractivity contribution is 0.215. The molecule has 0 atom stereocenters. The van der Waals surface area contributed by atoms with Gasteiger partial charge in [-0.3, -0.25) is 0 Å². The smallest absolute Gasteiger partial charge is 0.159 e. The van der Waals surface area contributed by atoms with E-state index >= 15 is 0 Å². The van der Waals surface area contributed by atoms with Crippen molar-refractivity contribution in [3.05, 3.63) is 108 Å². The molecule has 1 fully saturated rings. The Morgan fingerprint density at radius 2 is 1.66 bits per heavy atom. The number of piperidine rings is 1. The van der Waals surface area contributed by atoms with Gasteiger partial charge in [0.25, 0.3) is 0 Å². The third-order valence-electron chi connectivity index (χ3n) is 7.67. The number of methoxy groups -OCH3 is 1. The molecule has 0 bridgehead atoms. The van der Waals surface area contributed by atoms with E-state index < -0.39 is 0 Å². The molecule has 0 radical (unpaired) electrons. The summed E-state index contributed by atoms with van der Waals surface area (Å²) in [5.74, 6) is 1.86. The van der Waals surface area contributed by atoms with Gasteiger partial charge in [0.05, 0.1) is 12.6 Å². The SMILES string of the molecule is COc1ccc(CCN2CCC(c3cn(-c4ccc(F)cc4)c4ccc(-c5ncccn5)cc34)CC2)cc1. The molecule has 0 spiro atoms. The van der Waals surface area contributed by atoms with Crippen LogP contribution in [0.3, 0.4) is 0 Å². The molecule has 0 aliphatic carbocycles. The summed E-state index contributed by atoms with van der Waals surface area (Å²) in [7, 11) is 1.70. The van der Waals surface area contributed by atoms with E-state index in [1.54, 1.807) is 19.5 Å². The van der Waals surface area contributed by atoms with E-state index in [9.17, 15) is 4.39 Å². The van der Waals surface area contributed by atoms with Crippen molar-refractivity contribution in [1.82, 2.24) is 19.4 Å². The van der Waals surface area contributed by atoms with Gasteiger partial charge in [-0.1, -0.05) is 12.1 Å². The molecule has 1 aliphatic rings. The lowest BCUT2D eigenvalue weighted by Crippen LogP contribution is -2.34. The zero-order valence-electron chi connectivity index (χ0n) is 21.6. The molecule has 0 unspecified atom stereocenters. The first-order valence-corrected chi connectivity index (χ1v) is 13.2. The molecule has 1 saturated heterocycles. The van der Waals surface area contributed by atoms with Crippen molar-refractivity contribution in [2.24, 2.45) is 0 Å². The Balaban J connectivity index is 1.25. The highest BCUT2D eigenvalue weighted by atomic mass is 19.1. The number of likely N-dealkylation sites (tertiary alicyclic amines) is 1. The highest BCUT2D eigenvalue weighted by Crippen LogP contribution is 2.37. The monoisotopic (exact) mass is 506 g/mol. The van der Waals surface area contributed by atoms with Crippen LogP contribution < -0.4 is 4.74 Å². The van der Waals surface area contributed by atoms with Gasteiger partial charge in [-0.15, -0.1) is 0 Å². The highest BCUT2D eigenvalue weighted by molar-refractivity contribution is 5.89. The first kappa shape index (κ1) is 24.3. The van der Waals surface area contributed by atoms with Gasteiger partial charge in [-0.05, 0) is 110 Å². The maximum atomic E-state index is 13.7. The van der Waals surface area contributed by atoms with Gasteiger partial charge < -0.3 is 14.2 Å². The second-order valence-electron chi connectivity index (χ2n) is 9.95. The zero-order valence-corrected chi connectivity index (χ0v) is 21.6. The van der Waals surface area contributed by atoms with Crippen LogP contribution in [0.15, 0.2) is 91.4 Å². The number of rotatable bonds is 7. The summed E-state index contributed by atoms with van der Waals surface area (Å²) in [4.78, 5) is 11.5. The van der Waals surface area contributed by atoms with Gasteiger partial charge in [-0.2, -0.15) is 0 Å². The van der Waals surface area contributed by atoms with Gasteiger partial charge in [0.15, 0.2) is 5.82 Å². The summed E-state index contributed by atoms with van der Waals surface area (Å²) in [6.07, 6.45) is 9.07. The minimum absolute atomic E-state index is 0.226. The second-order valence-corrected chi connectivity index (χ2v) is 9.95. The maximum absolute atomic E-state index is 13.7. The van der Waals surface area contributed by atoms with E-state index in [4.69, 9.17) is 4.74 Å². The van der Waals surface area contributed by atoms with Crippen LogP contribution in [-0.2, 0) is 6.42 Å². The number of nitrogens with zero attached hydrogens (tertiary/aromatic N) is 4. The molecule has 0 amide bonds. The van der Waals surface area contributed by atoms with Gasteiger partial charge in [0.1, 0.15) is 11.6 Å². The van der Waals surface area contributed by atoms with Crippen molar-refractivity contribution >= 4 is 10.9 Å². The average molecular weight is 507 g/mol. The summed E-state index contributed by atoms with van der Waals surface area (Å²) in [5.41, 5.74) is 5.77. The van der Waals surface area contributed by atoms with Crippen LogP contribution in [0.2, 0.25) is 0 Å². The predicted octanol–water partition coefficient (Wildman–Crippen LogP) is 6.66. The predicted molar refractivity (Wildman–Crippen MR) is 149 cm³/mol. The molecule has 38 heavy (non-hydrogen) atoms. The van der Waals surface area contributed by atoms with Crippen molar-refractivity contribution in [2.45, 2.75) is 25.2 Å². The fourth-order valence-electron chi connectivity index (χ4n) is 5.53. The molecule has 6 heteroatoms. The van der Waals surface area contributed by atoms with E-state index in [2.05, 4.69) is 56.0 Å². The molecule has 0 saturated carbocycles. The summed E-state index contributed by atoms with van der Waals surface area (Å²) in [5, 5.41) is 1.22. The Bertz CT molecular complexity index is 1510. The average Bonchev–Trinajstić information content (AvgIpc) is 3.36. The van der Waals surface area contributed by atoms with Crippen molar-refractivity contribution in [1.29, 1.82) is 0 Å². The number of benzene rings is 3. The van der Waals surface area contributed by atoms with Crippen molar-refractivity contribution in [3.8, 4) is 22.8 Å². The number of hydrogen-bond acceptors (Lipinski definition) is 4. The Labute approximate surface area is 222 Å². The molecule has 0 N–H and O–H groups in total. The highest BCUT2D eigenvalue weighted by Gasteiger charge is 2.24. The third kappa shape index (κ3) is 5.04. The van der Waals surface area contributed by atoms with Crippen LogP contribution in [0.5, 0.6) is 5.75 Å². The van der Waals surface area contributed by atoms with Crippen molar-refractivity contribution in [3.63, 3.8) is 0 Å². The van der Waals surface area contributed by atoms with Crippen molar-refractivity contribution < 1.29 is 9.13 Å². The van der Waals surface area contributed by atoms with Gasteiger partial charge in [-0.25, -0.2) is 14.4 Å². The van der Waals surface area contributed by atoms with Crippen LogP contribution in [0.1, 0.15) is 29.9 Å². The maximum Gasteiger partial charge on any atom is 0.159 e. The molecule has 192 valence electrons. The lowest BCUT2D eigenvalue weighted by Gasteiger charge is -2.32. The fraction of sp³-hybridized carbons (Fsp3) is 0.250. The van der Waals surface area contributed by atoms with E-state index in [1.165, 1.54) is 28.6 Å². The molecular formula is C32H31FN4O. The topological polar surface area (TPSA) is 43.2 Å². The second kappa shape index (κ2) is 10.8. The van der Waals surface area contributed by atoms with E-state index in [0.29, 0.717) is 5.92 Å².